The highest BCUT2D eigenvalue weighted by Crippen LogP contribution is 2.29. The Hall–Kier alpha value is -1.56. The molecule has 2 rings (SSSR count). The molecule has 2 aromatic heterocycles. The number of nitrogen functional groups attached to an aromatic ring is 1. The lowest BCUT2D eigenvalue weighted by Crippen LogP contribution is -1.88. The maximum absolute atomic E-state index is 5.70. The molecule has 6 heteroatoms. The number of anilines is 1. The van der Waals surface area contributed by atoms with Crippen molar-refractivity contribution in [2.24, 2.45) is 0 Å². The Bertz CT molecular complexity index is 442. The van der Waals surface area contributed by atoms with Crippen molar-refractivity contribution in [3.8, 4) is 0 Å². The van der Waals surface area contributed by atoms with E-state index in [-0.39, 0.29) is 0 Å². The Morgan fingerprint density at radius 2 is 2.29 bits per heavy atom. The van der Waals surface area contributed by atoms with Gasteiger partial charge in [-0.3, -0.25) is 4.98 Å². The van der Waals surface area contributed by atoms with Crippen molar-refractivity contribution in [1.82, 2.24) is 15.2 Å². The quantitative estimate of drug-likeness (QED) is 0.805. The van der Waals surface area contributed by atoms with E-state index in [9.17, 15) is 0 Å². The van der Waals surface area contributed by atoms with Gasteiger partial charge in [0.15, 0.2) is 0 Å². The lowest BCUT2D eigenvalue weighted by atomic mass is 10.4. The summed E-state index contributed by atoms with van der Waals surface area (Å²) >= 11 is 1.33. The molecule has 0 aliphatic heterocycles. The normalized spacial score (nSPS) is 10.4. The van der Waals surface area contributed by atoms with Gasteiger partial charge in [0.25, 0.3) is 5.22 Å². The predicted molar refractivity (Wildman–Crippen MR) is 51.8 cm³/mol. The number of hydrogen-bond acceptors (Lipinski definition) is 6. The van der Waals surface area contributed by atoms with Crippen LogP contribution >= 0.6 is 11.8 Å². The van der Waals surface area contributed by atoms with Crippen LogP contribution in [0.25, 0.3) is 0 Å². The van der Waals surface area contributed by atoms with E-state index in [1.807, 2.05) is 0 Å². The van der Waals surface area contributed by atoms with Gasteiger partial charge in [-0.15, -0.1) is 10.2 Å². The minimum absolute atomic E-state index is 0.486. The van der Waals surface area contributed by atoms with Crippen LogP contribution in [0.3, 0.4) is 0 Å². The summed E-state index contributed by atoms with van der Waals surface area (Å²) in [4.78, 5) is 4.75. The largest absolute Gasteiger partial charge is 0.416 e. The van der Waals surface area contributed by atoms with Gasteiger partial charge in [-0.25, -0.2) is 0 Å². The molecular formula is C8H8N4OS. The number of nitrogens with zero attached hydrogens (tertiary/aromatic N) is 3. The number of aryl methyl sites for hydroxylation is 1. The molecule has 0 bridgehead atoms. The van der Waals surface area contributed by atoms with Gasteiger partial charge in [0.2, 0.25) is 5.89 Å². The Kier molecular flexibility index (Phi) is 2.36. The third-order valence-electron chi connectivity index (χ3n) is 1.51. The van der Waals surface area contributed by atoms with E-state index < -0.39 is 0 Å². The summed E-state index contributed by atoms with van der Waals surface area (Å²) < 4.78 is 5.21. The second-order valence-corrected chi connectivity index (χ2v) is 3.60. The van der Waals surface area contributed by atoms with E-state index in [2.05, 4.69) is 15.2 Å². The first kappa shape index (κ1) is 9.01. The Balaban J connectivity index is 2.23. The Labute approximate surface area is 84.7 Å². The van der Waals surface area contributed by atoms with Crippen molar-refractivity contribution < 1.29 is 4.42 Å². The van der Waals surface area contributed by atoms with Gasteiger partial charge in [0.1, 0.15) is 0 Å². The fraction of sp³-hybridized carbons (Fsp3) is 0.125. The van der Waals surface area contributed by atoms with Gasteiger partial charge in [0.05, 0.1) is 11.9 Å². The van der Waals surface area contributed by atoms with Crippen molar-refractivity contribution in [3.05, 3.63) is 24.4 Å². The van der Waals surface area contributed by atoms with Crippen LogP contribution in [0.4, 0.5) is 5.69 Å². The minimum atomic E-state index is 0.486. The highest BCUT2D eigenvalue weighted by Gasteiger charge is 2.06. The van der Waals surface area contributed by atoms with Crippen LogP contribution in [0, 0.1) is 6.92 Å². The number of aromatic nitrogens is 3. The summed E-state index contributed by atoms with van der Waals surface area (Å²) in [5, 5.41) is 8.06. The van der Waals surface area contributed by atoms with Gasteiger partial charge in [0, 0.05) is 18.0 Å². The first-order valence-electron chi connectivity index (χ1n) is 3.93. The van der Waals surface area contributed by atoms with Crippen LogP contribution in [0.1, 0.15) is 5.89 Å². The fourth-order valence-electron chi connectivity index (χ4n) is 0.901. The summed E-state index contributed by atoms with van der Waals surface area (Å²) in [6.45, 7) is 1.74. The molecule has 0 spiro atoms. The molecule has 0 aliphatic rings. The third-order valence-corrected chi connectivity index (χ3v) is 2.45. The molecule has 5 nitrogen and oxygen atoms in total. The average Bonchev–Trinajstić information content (AvgIpc) is 2.56. The topological polar surface area (TPSA) is 77.8 Å². The summed E-state index contributed by atoms with van der Waals surface area (Å²) in [5.41, 5.74) is 6.31. The van der Waals surface area contributed by atoms with Crippen molar-refractivity contribution in [3.63, 3.8) is 0 Å². The third kappa shape index (κ3) is 1.85. The zero-order valence-electron chi connectivity index (χ0n) is 7.47. The van der Waals surface area contributed by atoms with Gasteiger partial charge in [-0.1, -0.05) is 0 Å². The van der Waals surface area contributed by atoms with E-state index in [0.717, 1.165) is 4.90 Å². The monoisotopic (exact) mass is 208 g/mol. The average molecular weight is 208 g/mol. The highest BCUT2D eigenvalue weighted by molar-refractivity contribution is 7.99. The van der Waals surface area contributed by atoms with Crippen molar-refractivity contribution in [2.75, 3.05) is 5.73 Å². The van der Waals surface area contributed by atoms with Crippen LogP contribution in [0.15, 0.2) is 33.0 Å². The number of pyridine rings is 1. The smallest absolute Gasteiger partial charge is 0.281 e. The molecule has 0 saturated carbocycles. The van der Waals surface area contributed by atoms with Crippen LogP contribution in [0.2, 0.25) is 0 Å². The molecule has 0 atom stereocenters. The molecule has 0 aromatic carbocycles. The second kappa shape index (κ2) is 3.67. The molecule has 0 unspecified atom stereocenters. The molecule has 72 valence electrons. The zero-order valence-corrected chi connectivity index (χ0v) is 8.28. The van der Waals surface area contributed by atoms with Crippen LogP contribution in [-0.4, -0.2) is 15.2 Å². The molecule has 0 fully saturated rings. The molecule has 2 heterocycles. The van der Waals surface area contributed by atoms with Crippen molar-refractivity contribution in [1.29, 1.82) is 0 Å². The number of nitrogens with two attached hydrogens (primary N) is 1. The van der Waals surface area contributed by atoms with Crippen LogP contribution in [0.5, 0.6) is 0 Å². The Morgan fingerprint density at radius 1 is 1.43 bits per heavy atom. The predicted octanol–water partition coefficient (Wildman–Crippen LogP) is 1.51. The molecule has 14 heavy (non-hydrogen) atoms. The molecule has 2 N–H and O–H groups in total. The van der Waals surface area contributed by atoms with E-state index in [1.54, 1.807) is 25.4 Å². The number of rotatable bonds is 2. The summed E-state index contributed by atoms with van der Waals surface area (Å²) in [7, 11) is 0. The zero-order chi connectivity index (χ0) is 9.97. The maximum atomic E-state index is 5.70. The lowest BCUT2D eigenvalue weighted by molar-refractivity contribution is 0.429. The van der Waals surface area contributed by atoms with Gasteiger partial charge < -0.3 is 10.2 Å². The first-order valence-corrected chi connectivity index (χ1v) is 4.75. The first-order chi connectivity index (χ1) is 6.75. The number of hydrogen-bond donors (Lipinski definition) is 1. The van der Waals surface area contributed by atoms with Crippen molar-refractivity contribution >= 4 is 17.4 Å². The van der Waals surface area contributed by atoms with E-state index in [0.29, 0.717) is 16.8 Å². The lowest BCUT2D eigenvalue weighted by Gasteiger charge is -1.99. The van der Waals surface area contributed by atoms with Crippen LogP contribution in [-0.2, 0) is 0 Å². The standard InChI is InChI=1S/C8H8N4OS/c1-5-11-12-8(13-5)14-7-2-3-10-4-6(7)9/h2-4H,9H2,1H3. The van der Waals surface area contributed by atoms with E-state index in [4.69, 9.17) is 10.2 Å². The molecule has 0 amide bonds. The second-order valence-electron chi connectivity index (χ2n) is 2.60. The maximum Gasteiger partial charge on any atom is 0.281 e. The molecule has 0 aliphatic carbocycles. The van der Waals surface area contributed by atoms with Crippen LogP contribution < -0.4 is 5.73 Å². The fourth-order valence-corrected chi connectivity index (χ4v) is 1.63. The molecular weight excluding hydrogens is 200 g/mol. The molecule has 0 radical (unpaired) electrons. The SMILES string of the molecule is Cc1nnc(Sc2ccncc2N)o1. The minimum Gasteiger partial charge on any atom is -0.416 e. The van der Waals surface area contributed by atoms with E-state index in [1.165, 1.54) is 11.8 Å². The van der Waals surface area contributed by atoms with Gasteiger partial charge >= 0.3 is 0 Å². The summed E-state index contributed by atoms with van der Waals surface area (Å²) in [6.07, 6.45) is 3.26. The molecule has 2 aromatic rings. The summed E-state index contributed by atoms with van der Waals surface area (Å²) in [6, 6.07) is 1.81. The Morgan fingerprint density at radius 3 is 2.93 bits per heavy atom. The highest BCUT2D eigenvalue weighted by atomic mass is 32.2. The summed E-state index contributed by atoms with van der Waals surface area (Å²) in [5.74, 6) is 0.542. The van der Waals surface area contributed by atoms with Crippen molar-refractivity contribution in [2.45, 2.75) is 17.0 Å². The van der Waals surface area contributed by atoms with Gasteiger partial charge in [-0.05, 0) is 17.8 Å². The molecule has 0 saturated heterocycles. The van der Waals surface area contributed by atoms with Gasteiger partial charge in [-0.2, -0.15) is 0 Å². The van der Waals surface area contributed by atoms with E-state index >= 15 is 0 Å².